The minimum atomic E-state index is -0.568. The van der Waals surface area contributed by atoms with E-state index in [0.717, 1.165) is 35.3 Å². The van der Waals surface area contributed by atoms with E-state index in [-0.39, 0.29) is 0 Å². The molecule has 0 aliphatic heterocycles. The molecule has 1 aliphatic carbocycles. The predicted molar refractivity (Wildman–Crippen MR) is 97.8 cm³/mol. The molecule has 3 rings (SSSR count). The van der Waals surface area contributed by atoms with Gasteiger partial charge in [-0.15, -0.1) is 11.3 Å². The molecule has 1 amide bonds. The van der Waals surface area contributed by atoms with Gasteiger partial charge in [0.05, 0.1) is 18.2 Å². The molecule has 0 atom stereocenters. The fraction of sp³-hybridized carbons (Fsp3) is 0.316. The van der Waals surface area contributed by atoms with E-state index >= 15 is 0 Å². The highest BCUT2D eigenvalue weighted by Gasteiger charge is 2.28. The fourth-order valence-corrected chi connectivity index (χ4v) is 4.17. The van der Waals surface area contributed by atoms with Gasteiger partial charge in [0, 0.05) is 4.88 Å². The van der Waals surface area contributed by atoms with Crippen LogP contribution in [0.15, 0.2) is 24.3 Å². The number of ether oxygens (including phenoxy) is 2. The summed E-state index contributed by atoms with van der Waals surface area (Å²) < 4.78 is 9.88. The van der Waals surface area contributed by atoms with Gasteiger partial charge in [-0.2, -0.15) is 0 Å². The molecule has 0 bridgehead atoms. The van der Waals surface area contributed by atoms with Crippen molar-refractivity contribution in [1.29, 1.82) is 0 Å². The summed E-state index contributed by atoms with van der Waals surface area (Å²) in [4.78, 5) is 37.3. The zero-order valence-corrected chi connectivity index (χ0v) is 15.4. The fourth-order valence-electron chi connectivity index (χ4n) is 2.88. The molecule has 1 aromatic carbocycles. The van der Waals surface area contributed by atoms with Crippen molar-refractivity contribution in [3.05, 3.63) is 51.4 Å². The first-order chi connectivity index (χ1) is 12.5. The minimum Gasteiger partial charge on any atom is -0.465 e. The van der Waals surface area contributed by atoms with Crippen LogP contribution in [0.3, 0.4) is 0 Å². The summed E-state index contributed by atoms with van der Waals surface area (Å²) in [5.41, 5.74) is 2.78. The summed E-state index contributed by atoms with van der Waals surface area (Å²) >= 11 is 1.38. The van der Waals surface area contributed by atoms with Crippen molar-refractivity contribution in [3.8, 4) is 0 Å². The van der Waals surface area contributed by atoms with E-state index in [4.69, 9.17) is 9.47 Å². The Morgan fingerprint density at radius 1 is 1.12 bits per heavy atom. The number of thiophene rings is 1. The highest BCUT2D eigenvalue weighted by atomic mass is 32.1. The lowest BCUT2D eigenvalue weighted by molar-refractivity contribution is -0.119. The Morgan fingerprint density at radius 3 is 2.54 bits per heavy atom. The zero-order chi connectivity index (χ0) is 18.7. The maximum Gasteiger partial charge on any atom is 0.341 e. The van der Waals surface area contributed by atoms with Gasteiger partial charge >= 0.3 is 11.9 Å². The molecule has 0 radical (unpaired) electrons. The molecule has 0 saturated heterocycles. The van der Waals surface area contributed by atoms with Gasteiger partial charge in [0.25, 0.3) is 5.91 Å². The van der Waals surface area contributed by atoms with Crippen molar-refractivity contribution < 1.29 is 23.9 Å². The zero-order valence-electron chi connectivity index (χ0n) is 14.6. The lowest BCUT2D eigenvalue weighted by Gasteiger charge is -2.08. The number of nitrogens with one attached hydrogen (secondary N) is 1. The van der Waals surface area contributed by atoms with E-state index in [1.165, 1.54) is 18.4 Å². The molecule has 0 unspecified atom stereocenters. The van der Waals surface area contributed by atoms with Crippen LogP contribution in [0, 0.1) is 6.92 Å². The van der Waals surface area contributed by atoms with Crippen LogP contribution >= 0.6 is 11.3 Å². The number of rotatable bonds is 5. The number of hydrogen-bond donors (Lipinski definition) is 1. The predicted octanol–water partition coefficient (Wildman–Crippen LogP) is 3.13. The van der Waals surface area contributed by atoms with E-state index in [0.29, 0.717) is 16.1 Å². The van der Waals surface area contributed by atoms with Crippen molar-refractivity contribution >= 4 is 34.2 Å². The van der Waals surface area contributed by atoms with E-state index in [9.17, 15) is 14.4 Å². The van der Waals surface area contributed by atoms with Gasteiger partial charge in [-0.3, -0.25) is 4.79 Å². The molecule has 0 fully saturated rings. The number of carbonyl (C=O) groups excluding carboxylic acids is 3. The second-order valence-electron chi connectivity index (χ2n) is 6.04. The Hall–Kier alpha value is -2.67. The van der Waals surface area contributed by atoms with Gasteiger partial charge in [-0.25, -0.2) is 9.59 Å². The molecule has 7 heteroatoms. The number of fused-ring (bicyclic) bond motifs is 1. The number of methoxy groups -OCH3 is 1. The Balaban J connectivity index is 1.64. The van der Waals surface area contributed by atoms with Crippen molar-refractivity contribution in [2.75, 3.05) is 19.0 Å². The molecule has 136 valence electrons. The maximum absolute atomic E-state index is 12.2. The third kappa shape index (κ3) is 3.77. The van der Waals surface area contributed by atoms with E-state index < -0.39 is 24.5 Å². The normalized spacial score (nSPS) is 12.4. The number of esters is 2. The molecule has 1 heterocycles. The van der Waals surface area contributed by atoms with Crippen LogP contribution in [-0.4, -0.2) is 31.6 Å². The molecule has 1 N–H and O–H groups in total. The van der Waals surface area contributed by atoms with Gasteiger partial charge in [0.15, 0.2) is 6.61 Å². The standard InChI is InChI=1S/C19H19NO5S/c1-11-6-8-12(9-7-11)18(22)25-10-15(21)20-17-16(19(23)24-2)13-4-3-5-14(13)26-17/h6-9H,3-5,10H2,1-2H3,(H,20,21). The number of aryl methyl sites for hydroxylation is 2. The largest absolute Gasteiger partial charge is 0.465 e. The Labute approximate surface area is 155 Å². The average Bonchev–Trinajstić information content (AvgIpc) is 3.20. The minimum absolute atomic E-state index is 0.383. The van der Waals surface area contributed by atoms with Crippen molar-refractivity contribution in [3.63, 3.8) is 0 Å². The molecule has 6 nitrogen and oxygen atoms in total. The number of anilines is 1. The van der Waals surface area contributed by atoms with Crippen LogP contribution in [0.25, 0.3) is 0 Å². The first kappa shape index (κ1) is 18.1. The number of amides is 1. The van der Waals surface area contributed by atoms with Crippen LogP contribution in [0.2, 0.25) is 0 Å². The molecular weight excluding hydrogens is 354 g/mol. The molecule has 1 aromatic heterocycles. The highest BCUT2D eigenvalue weighted by molar-refractivity contribution is 7.17. The first-order valence-corrected chi connectivity index (χ1v) is 9.07. The summed E-state index contributed by atoms with van der Waals surface area (Å²) in [7, 11) is 1.32. The van der Waals surface area contributed by atoms with Crippen molar-refractivity contribution in [2.45, 2.75) is 26.2 Å². The van der Waals surface area contributed by atoms with Gasteiger partial charge in [0.1, 0.15) is 5.00 Å². The number of carbonyl (C=O) groups is 3. The summed E-state index contributed by atoms with van der Waals surface area (Å²) in [6.07, 6.45) is 2.68. The van der Waals surface area contributed by atoms with Gasteiger partial charge in [-0.1, -0.05) is 17.7 Å². The smallest absolute Gasteiger partial charge is 0.341 e. The third-order valence-corrected chi connectivity index (χ3v) is 5.39. The third-order valence-electron chi connectivity index (χ3n) is 4.19. The first-order valence-electron chi connectivity index (χ1n) is 8.26. The van der Waals surface area contributed by atoms with Crippen LogP contribution in [0.4, 0.5) is 5.00 Å². The Kier molecular flexibility index (Phi) is 5.37. The van der Waals surface area contributed by atoms with Crippen LogP contribution in [0.1, 0.15) is 43.1 Å². The summed E-state index contributed by atoms with van der Waals surface area (Å²) in [6, 6.07) is 6.89. The SMILES string of the molecule is COC(=O)c1c(NC(=O)COC(=O)c2ccc(C)cc2)sc2c1CCC2. The molecule has 1 aliphatic rings. The molecule has 0 spiro atoms. The quantitative estimate of drug-likeness (QED) is 0.815. The summed E-state index contributed by atoms with van der Waals surface area (Å²) in [5, 5.41) is 3.13. The van der Waals surface area contributed by atoms with Crippen molar-refractivity contribution in [1.82, 2.24) is 0 Å². The average molecular weight is 373 g/mol. The number of hydrogen-bond acceptors (Lipinski definition) is 6. The lowest BCUT2D eigenvalue weighted by Crippen LogP contribution is -2.21. The van der Waals surface area contributed by atoms with Gasteiger partial charge in [-0.05, 0) is 43.9 Å². The Bertz CT molecular complexity index is 854. The van der Waals surface area contributed by atoms with Gasteiger partial charge < -0.3 is 14.8 Å². The highest BCUT2D eigenvalue weighted by Crippen LogP contribution is 2.39. The second kappa shape index (κ2) is 7.70. The maximum atomic E-state index is 12.2. The monoisotopic (exact) mass is 373 g/mol. The molecule has 26 heavy (non-hydrogen) atoms. The summed E-state index contributed by atoms with van der Waals surface area (Å²) in [6.45, 7) is 1.50. The summed E-state index contributed by atoms with van der Waals surface area (Å²) in [5.74, 6) is -1.52. The Morgan fingerprint density at radius 2 is 1.85 bits per heavy atom. The van der Waals surface area contributed by atoms with Crippen molar-refractivity contribution in [2.24, 2.45) is 0 Å². The van der Waals surface area contributed by atoms with Crippen LogP contribution < -0.4 is 5.32 Å². The van der Waals surface area contributed by atoms with Gasteiger partial charge in [0.2, 0.25) is 0 Å². The van der Waals surface area contributed by atoms with E-state index in [1.54, 1.807) is 24.3 Å². The molecular formula is C19H19NO5S. The molecule has 0 saturated carbocycles. The van der Waals surface area contributed by atoms with E-state index in [1.807, 2.05) is 6.92 Å². The number of benzene rings is 1. The molecule has 2 aromatic rings. The lowest BCUT2D eigenvalue weighted by atomic mass is 10.1. The van der Waals surface area contributed by atoms with Crippen LogP contribution in [0.5, 0.6) is 0 Å². The topological polar surface area (TPSA) is 81.7 Å². The second-order valence-corrected chi connectivity index (χ2v) is 7.15. The van der Waals surface area contributed by atoms with E-state index in [2.05, 4.69) is 5.32 Å². The van der Waals surface area contributed by atoms with Crippen LogP contribution in [-0.2, 0) is 27.1 Å².